The molecule has 2 heteroatoms. The lowest BCUT2D eigenvalue weighted by atomic mass is 10.4. The standard InChI is InChI=1S/C6H13N.ClH/c1-2-7-5-6-3-4-6;/h6-7H,2-5H2,1H3;1H. The monoisotopic (exact) mass is 135 g/mol. The van der Waals surface area contributed by atoms with Crippen LogP contribution in [0.15, 0.2) is 0 Å². The fourth-order valence-corrected chi connectivity index (χ4v) is 0.670. The van der Waals surface area contributed by atoms with Gasteiger partial charge in [-0.2, -0.15) is 0 Å². The maximum atomic E-state index is 3.31. The van der Waals surface area contributed by atoms with Gasteiger partial charge in [0.05, 0.1) is 0 Å². The van der Waals surface area contributed by atoms with Crippen molar-refractivity contribution in [2.24, 2.45) is 5.92 Å². The Kier molecular flexibility index (Phi) is 4.29. The van der Waals surface area contributed by atoms with Gasteiger partial charge in [-0.15, -0.1) is 12.4 Å². The molecule has 0 amide bonds. The Labute approximate surface area is 57.3 Å². The minimum atomic E-state index is 0. The van der Waals surface area contributed by atoms with Crippen LogP contribution in [0.5, 0.6) is 0 Å². The molecule has 8 heavy (non-hydrogen) atoms. The van der Waals surface area contributed by atoms with Crippen LogP contribution in [-0.4, -0.2) is 13.1 Å². The first-order valence-electron chi connectivity index (χ1n) is 3.14. The van der Waals surface area contributed by atoms with Gasteiger partial charge in [0.1, 0.15) is 0 Å². The molecule has 1 nitrogen and oxygen atoms in total. The predicted octanol–water partition coefficient (Wildman–Crippen LogP) is 1.43. The molecule has 0 heterocycles. The second-order valence-electron chi connectivity index (χ2n) is 2.25. The van der Waals surface area contributed by atoms with Crippen molar-refractivity contribution in [3.8, 4) is 0 Å². The molecule has 0 aliphatic heterocycles. The van der Waals surface area contributed by atoms with Crippen LogP contribution in [0.1, 0.15) is 19.8 Å². The van der Waals surface area contributed by atoms with E-state index in [-0.39, 0.29) is 12.4 Å². The van der Waals surface area contributed by atoms with Gasteiger partial charge in [-0.1, -0.05) is 6.92 Å². The summed E-state index contributed by atoms with van der Waals surface area (Å²) in [5.41, 5.74) is 0. The lowest BCUT2D eigenvalue weighted by molar-refractivity contribution is 0.662. The fraction of sp³-hybridized carbons (Fsp3) is 1.00. The SMILES string of the molecule is CCNCC1CC1.Cl. The third kappa shape index (κ3) is 3.28. The Hall–Kier alpha value is 0.250. The first-order valence-corrected chi connectivity index (χ1v) is 3.14. The van der Waals surface area contributed by atoms with E-state index in [1.165, 1.54) is 19.4 Å². The van der Waals surface area contributed by atoms with Crippen LogP contribution in [0.25, 0.3) is 0 Å². The number of hydrogen-bond donors (Lipinski definition) is 1. The Morgan fingerprint density at radius 2 is 2.12 bits per heavy atom. The van der Waals surface area contributed by atoms with E-state index < -0.39 is 0 Å². The van der Waals surface area contributed by atoms with Gasteiger partial charge in [0, 0.05) is 0 Å². The number of halogens is 1. The Morgan fingerprint density at radius 1 is 1.50 bits per heavy atom. The highest BCUT2D eigenvalue weighted by atomic mass is 35.5. The second kappa shape index (κ2) is 4.16. The van der Waals surface area contributed by atoms with Crippen molar-refractivity contribution in [2.75, 3.05) is 13.1 Å². The number of hydrogen-bond acceptors (Lipinski definition) is 1. The van der Waals surface area contributed by atoms with E-state index in [9.17, 15) is 0 Å². The fourth-order valence-electron chi connectivity index (χ4n) is 0.670. The van der Waals surface area contributed by atoms with Crippen molar-refractivity contribution < 1.29 is 0 Å². The molecule has 0 radical (unpaired) electrons. The summed E-state index contributed by atoms with van der Waals surface area (Å²) in [6.45, 7) is 4.55. The van der Waals surface area contributed by atoms with Crippen molar-refractivity contribution in [1.29, 1.82) is 0 Å². The van der Waals surface area contributed by atoms with E-state index >= 15 is 0 Å². The van der Waals surface area contributed by atoms with Crippen molar-refractivity contribution in [3.05, 3.63) is 0 Å². The van der Waals surface area contributed by atoms with Gasteiger partial charge in [0.25, 0.3) is 0 Å². The van der Waals surface area contributed by atoms with E-state index in [1.54, 1.807) is 0 Å². The molecule has 0 spiro atoms. The van der Waals surface area contributed by atoms with E-state index in [4.69, 9.17) is 0 Å². The summed E-state index contributed by atoms with van der Waals surface area (Å²) < 4.78 is 0. The van der Waals surface area contributed by atoms with Crippen LogP contribution in [0.2, 0.25) is 0 Å². The quantitative estimate of drug-likeness (QED) is 0.618. The second-order valence-corrected chi connectivity index (χ2v) is 2.25. The van der Waals surface area contributed by atoms with Crippen LogP contribution < -0.4 is 5.32 Å². The lowest BCUT2D eigenvalue weighted by Crippen LogP contribution is -2.15. The molecule has 1 rings (SSSR count). The highest BCUT2D eigenvalue weighted by Gasteiger charge is 2.19. The molecule has 0 saturated heterocycles. The molecule has 1 N–H and O–H groups in total. The largest absolute Gasteiger partial charge is 0.317 e. The molecule has 0 bridgehead atoms. The summed E-state index contributed by atoms with van der Waals surface area (Å²) in [6, 6.07) is 0. The van der Waals surface area contributed by atoms with Crippen molar-refractivity contribution >= 4 is 12.4 Å². The molecule has 1 aliphatic rings. The van der Waals surface area contributed by atoms with Crippen molar-refractivity contribution in [3.63, 3.8) is 0 Å². The smallest absolute Gasteiger partial charge is 0.00206 e. The highest BCUT2D eigenvalue weighted by Crippen LogP contribution is 2.27. The Balaban J connectivity index is 0.000000490. The average Bonchev–Trinajstić information content (AvgIpc) is 2.42. The molecule has 0 aromatic heterocycles. The predicted molar refractivity (Wildman–Crippen MR) is 38.5 cm³/mol. The average molecular weight is 136 g/mol. The molecule has 0 unspecified atom stereocenters. The van der Waals surface area contributed by atoms with E-state index in [1.807, 2.05) is 0 Å². The molecular formula is C6H14ClN. The van der Waals surface area contributed by atoms with E-state index in [0.717, 1.165) is 12.5 Å². The van der Waals surface area contributed by atoms with Crippen LogP contribution in [-0.2, 0) is 0 Å². The first kappa shape index (κ1) is 8.25. The zero-order valence-corrected chi connectivity index (χ0v) is 6.13. The minimum absolute atomic E-state index is 0. The van der Waals surface area contributed by atoms with Gasteiger partial charge in [-0.3, -0.25) is 0 Å². The zero-order chi connectivity index (χ0) is 5.11. The molecular weight excluding hydrogens is 122 g/mol. The van der Waals surface area contributed by atoms with Gasteiger partial charge in [-0.05, 0) is 31.8 Å². The van der Waals surface area contributed by atoms with Crippen LogP contribution in [0, 0.1) is 5.92 Å². The molecule has 50 valence electrons. The van der Waals surface area contributed by atoms with Crippen molar-refractivity contribution in [1.82, 2.24) is 5.32 Å². The molecule has 1 aliphatic carbocycles. The van der Waals surface area contributed by atoms with Crippen LogP contribution in [0.4, 0.5) is 0 Å². The van der Waals surface area contributed by atoms with Crippen LogP contribution >= 0.6 is 12.4 Å². The molecule has 1 saturated carbocycles. The first-order chi connectivity index (χ1) is 3.43. The molecule has 0 aromatic rings. The highest BCUT2D eigenvalue weighted by molar-refractivity contribution is 5.85. The van der Waals surface area contributed by atoms with E-state index in [0.29, 0.717) is 0 Å². The maximum Gasteiger partial charge on any atom is -0.00206 e. The van der Waals surface area contributed by atoms with Gasteiger partial charge in [0.15, 0.2) is 0 Å². The summed E-state index contributed by atoms with van der Waals surface area (Å²) in [5.74, 6) is 1.04. The van der Waals surface area contributed by atoms with Gasteiger partial charge in [-0.25, -0.2) is 0 Å². The molecule has 0 aromatic carbocycles. The normalized spacial score (nSPS) is 17.6. The van der Waals surface area contributed by atoms with Gasteiger partial charge >= 0.3 is 0 Å². The lowest BCUT2D eigenvalue weighted by Gasteiger charge is -1.93. The third-order valence-electron chi connectivity index (χ3n) is 1.38. The Bertz CT molecular complexity index is 52.5. The number of rotatable bonds is 3. The van der Waals surface area contributed by atoms with E-state index in [2.05, 4.69) is 12.2 Å². The maximum absolute atomic E-state index is 3.31. The van der Waals surface area contributed by atoms with Crippen LogP contribution in [0.3, 0.4) is 0 Å². The topological polar surface area (TPSA) is 12.0 Å². The third-order valence-corrected chi connectivity index (χ3v) is 1.38. The summed E-state index contributed by atoms with van der Waals surface area (Å²) in [6.07, 6.45) is 2.93. The summed E-state index contributed by atoms with van der Waals surface area (Å²) >= 11 is 0. The zero-order valence-electron chi connectivity index (χ0n) is 5.31. The van der Waals surface area contributed by atoms with Crippen molar-refractivity contribution in [2.45, 2.75) is 19.8 Å². The number of nitrogens with one attached hydrogen (secondary N) is 1. The summed E-state index contributed by atoms with van der Waals surface area (Å²) in [5, 5.41) is 3.31. The minimum Gasteiger partial charge on any atom is -0.317 e. The summed E-state index contributed by atoms with van der Waals surface area (Å²) in [7, 11) is 0. The summed E-state index contributed by atoms with van der Waals surface area (Å²) in [4.78, 5) is 0. The molecule has 0 atom stereocenters. The Morgan fingerprint density at radius 3 is 2.50 bits per heavy atom. The molecule has 1 fully saturated rings. The van der Waals surface area contributed by atoms with Gasteiger partial charge < -0.3 is 5.32 Å². The van der Waals surface area contributed by atoms with Gasteiger partial charge in [0.2, 0.25) is 0 Å².